The van der Waals surface area contributed by atoms with Gasteiger partial charge in [0.15, 0.2) is 5.69 Å². The molecule has 31 heavy (non-hydrogen) atoms. The van der Waals surface area contributed by atoms with Crippen molar-refractivity contribution in [3.8, 4) is 5.69 Å². The van der Waals surface area contributed by atoms with Gasteiger partial charge in [-0.1, -0.05) is 36.4 Å². The van der Waals surface area contributed by atoms with Crippen LogP contribution in [-0.4, -0.2) is 31.4 Å². The van der Waals surface area contributed by atoms with Crippen LogP contribution in [0.3, 0.4) is 0 Å². The van der Waals surface area contributed by atoms with E-state index in [1.54, 1.807) is 48.3 Å². The SMILES string of the molecule is CCn1nc(C(=O)NNC(=O)Cc2cnn(-c3ccccc3)c2)c2ccccc2c1=O. The summed E-state index contributed by atoms with van der Waals surface area (Å²) in [5.41, 5.74) is 6.14. The quantitative estimate of drug-likeness (QED) is 0.480. The number of aromatic nitrogens is 4. The van der Waals surface area contributed by atoms with E-state index in [1.807, 2.05) is 30.3 Å². The summed E-state index contributed by atoms with van der Waals surface area (Å²) < 4.78 is 2.89. The van der Waals surface area contributed by atoms with E-state index >= 15 is 0 Å². The van der Waals surface area contributed by atoms with Gasteiger partial charge in [0, 0.05) is 18.1 Å². The Morgan fingerprint density at radius 3 is 2.42 bits per heavy atom. The van der Waals surface area contributed by atoms with Crippen molar-refractivity contribution in [1.29, 1.82) is 0 Å². The summed E-state index contributed by atoms with van der Waals surface area (Å²) in [6.45, 7) is 2.09. The number of hydrazine groups is 1. The third-order valence-electron chi connectivity index (χ3n) is 4.72. The lowest BCUT2D eigenvalue weighted by Gasteiger charge is -2.10. The average molecular weight is 416 g/mol. The third kappa shape index (κ3) is 4.20. The molecule has 0 atom stereocenters. The maximum Gasteiger partial charge on any atom is 0.290 e. The van der Waals surface area contributed by atoms with Gasteiger partial charge in [0.05, 0.1) is 23.7 Å². The van der Waals surface area contributed by atoms with Gasteiger partial charge in [-0.25, -0.2) is 9.36 Å². The summed E-state index contributed by atoms with van der Waals surface area (Å²) in [5.74, 6) is -1.01. The number of benzene rings is 2. The topological polar surface area (TPSA) is 111 Å². The molecule has 0 bridgehead atoms. The van der Waals surface area contributed by atoms with Crippen molar-refractivity contribution in [3.63, 3.8) is 0 Å². The molecule has 2 aromatic heterocycles. The first-order valence-corrected chi connectivity index (χ1v) is 9.75. The van der Waals surface area contributed by atoms with E-state index in [0.717, 1.165) is 5.69 Å². The molecule has 0 saturated carbocycles. The van der Waals surface area contributed by atoms with Gasteiger partial charge in [0.1, 0.15) is 0 Å². The average Bonchev–Trinajstić information content (AvgIpc) is 3.27. The lowest BCUT2D eigenvalue weighted by molar-refractivity contribution is -0.121. The van der Waals surface area contributed by atoms with Gasteiger partial charge in [-0.2, -0.15) is 10.2 Å². The van der Waals surface area contributed by atoms with E-state index in [9.17, 15) is 14.4 Å². The number of nitrogens with zero attached hydrogens (tertiary/aromatic N) is 4. The molecule has 2 aromatic carbocycles. The number of aryl methyl sites for hydroxylation is 1. The molecule has 0 fully saturated rings. The summed E-state index contributed by atoms with van der Waals surface area (Å²) in [4.78, 5) is 37.4. The first-order valence-electron chi connectivity index (χ1n) is 9.75. The van der Waals surface area contributed by atoms with Crippen LogP contribution in [0.2, 0.25) is 0 Å². The fourth-order valence-corrected chi connectivity index (χ4v) is 3.21. The molecule has 2 N–H and O–H groups in total. The van der Waals surface area contributed by atoms with Gasteiger partial charge in [0.25, 0.3) is 11.5 Å². The number of hydrogen-bond acceptors (Lipinski definition) is 5. The smallest absolute Gasteiger partial charge is 0.273 e. The Morgan fingerprint density at radius 1 is 0.968 bits per heavy atom. The Morgan fingerprint density at radius 2 is 1.68 bits per heavy atom. The Labute approximate surface area is 177 Å². The second-order valence-electron chi connectivity index (χ2n) is 6.82. The maximum atomic E-state index is 12.7. The predicted octanol–water partition coefficient (Wildman–Crippen LogP) is 1.61. The van der Waals surface area contributed by atoms with Gasteiger partial charge < -0.3 is 0 Å². The summed E-state index contributed by atoms with van der Waals surface area (Å²) in [6, 6.07) is 16.3. The summed E-state index contributed by atoms with van der Waals surface area (Å²) in [7, 11) is 0. The van der Waals surface area contributed by atoms with Crippen LogP contribution in [0, 0.1) is 0 Å². The van der Waals surface area contributed by atoms with Crippen molar-refractivity contribution in [3.05, 3.63) is 88.6 Å². The van der Waals surface area contributed by atoms with Crippen LogP contribution in [0.25, 0.3) is 16.5 Å². The van der Waals surface area contributed by atoms with E-state index in [-0.39, 0.29) is 17.7 Å². The number of carbonyl (C=O) groups excluding carboxylic acids is 2. The molecule has 0 unspecified atom stereocenters. The minimum absolute atomic E-state index is 0.0374. The predicted molar refractivity (Wildman–Crippen MR) is 115 cm³/mol. The zero-order valence-corrected chi connectivity index (χ0v) is 16.8. The highest BCUT2D eigenvalue weighted by Crippen LogP contribution is 2.13. The van der Waals surface area contributed by atoms with Crippen molar-refractivity contribution in [2.75, 3.05) is 0 Å². The number of hydrogen-bond donors (Lipinski definition) is 2. The summed E-state index contributed by atoms with van der Waals surface area (Å²) >= 11 is 0. The molecule has 0 radical (unpaired) electrons. The molecule has 0 aliphatic rings. The number of rotatable bonds is 5. The minimum atomic E-state index is -0.605. The van der Waals surface area contributed by atoms with Crippen LogP contribution >= 0.6 is 0 Å². The van der Waals surface area contributed by atoms with Gasteiger partial charge in [-0.3, -0.25) is 25.2 Å². The van der Waals surface area contributed by atoms with Crippen molar-refractivity contribution in [2.24, 2.45) is 0 Å². The van der Waals surface area contributed by atoms with Gasteiger partial charge >= 0.3 is 0 Å². The Balaban J connectivity index is 1.45. The summed E-state index contributed by atoms with van der Waals surface area (Å²) in [6.07, 6.45) is 3.39. The van der Waals surface area contributed by atoms with Gasteiger partial charge in [0.2, 0.25) is 5.91 Å². The number of nitrogens with one attached hydrogen (secondary N) is 2. The van der Waals surface area contributed by atoms with Gasteiger partial charge in [-0.05, 0) is 30.7 Å². The zero-order chi connectivity index (χ0) is 21.8. The molecule has 9 heteroatoms. The number of carbonyl (C=O) groups is 2. The largest absolute Gasteiger partial charge is 0.290 e. The molecule has 0 saturated heterocycles. The fraction of sp³-hybridized carbons (Fsp3) is 0.136. The highest BCUT2D eigenvalue weighted by molar-refractivity contribution is 6.05. The number of amides is 2. The van der Waals surface area contributed by atoms with Crippen LogP contribution < -0.4 is 16.4 Å². The molecule has 0 spiro atoms. The molecule has 4 rings (SSSR count). The van der Waals surface area contributed by atoms with Crippen molar-refractivity contribution in [2.45, 2.75) is 19.9 Å². The molecule has 156 valence electrons. The molecular weight excluding hydrogens is 396 g/mol. The highest BCUT2D eigenvalue weighted by Gasteiger charge is 2.17. The van der Waals surface area contributed by atoms with Crippen LogP contribution in [0.1, 0.15) is 23.0 Å². The van der Waals surface area contributed by atoms with E-state index in [4.69, 9.17) is 0 Å². The normalized spacial score (nSPS) is 10.7. The Kier molecular flexibility index (Phi) is 5.57. The first kappa shape index (κ1) is 20.0. The van der Waals surface area contributed by atoms with Crippen molar-refractivity contribution >= 4 is 22.6 Å². The van der Waals surface area contributed by atoms with E-state index in [2.05, 4.69) is 21.0 Å². The third-order valence-corrected chi connectivity index (χ3v) is 4.72. The minimum Gasteiger partial charge on any atom is -0.273 e. The standard InChI is InChI=1S/C22H20N6O3/c1-2-27-22(31)18-11-7-6-10-17(18)20(26-27)21(30)25-24-19(29)12-15-13-23-28(14-15)16-8-4-3-5-9-16/h3-11,13-14H,2,12H2,1H3,(H,24,29)(H,25,30). The maximum absolute atomic E-state index is 12.7. The Hall–Kier alpha value is -4.27. The number of para-hydroxylation sites is 1. The van der Waals surface area contributed by atoms with E-state index in [0.29, 0.717) is 22.9 Å². The molecule has 4 aromatic rings. The first-order chi connectivity index (χ1) is 15.1. The second kappa shape index (κ2) is 8.62. The summed E-state index contributed by atoms with van der Waals surface area (Å²) in [5, 5.41) is 9.21. The fourth-order valence-electron chi connectivity index (χ4n) is 3.21. The van der Waals surface area contributed by atoms with E-state index in [1.165, 1.54) is 4.68 Å². The molecule has 2 heterocycles. The number of fused-ring (bicyclic) bond motifs is 1. The van der Waals surface area contributed by atoms with Crippen LogP contribution in [-0.2, 0) is 17.8 Å². The van der Waals surface area contributed by atoms with Crippen molar-refractivity contribution < 1.29 is 9.59 Å². The lowest BCUT2D eigenvalue weighted by Crippen LogP contribution is -2.43. The molecule has 2 amide bonds. The van der Waals surface area contributed by atoms with Gasteiger partial charge in [-0.15, -0.1) is 0 Å². The van der Waals surface area contributed by atoms with Crippen LogP contribution in [0.15, 0.2) is 71.8 Å². The van der Waals surface area contributed by atoms with Crippen LogP contribution in [0.5, 0.6) is 0 Å². The van der Waals surface area contributed by atoms with Crippen LogP contribution in [0.4, 0.5) is 0 Å². The monoisotopic (exact) mass is 416 g/mol. The Bertz CT molecular complexity index is 1310. The highest BCUT2D eigenvalue weighted by atomic mass is 16.2. The lowest BCUT2D eigenvalue weighted by atomic mass is 10.1. The zero-order valence-electron chi connectivity index (χ0n) is 16.8. The second-order valence-corrected chi connectivity index (χ2v) is 6.82. The van der Waals surface area contributed by atoms with Crippen molar-refractivity contribution in [1.82, 2.24) is 30.4 Å². The molecular formula is C22H20N6O3. The molecule has 0 aliphatic carbocycles. The molecule has 9 nitrogen and oxygen atoms in total. The molecule has 0 aliphatic heterocycles. The van der Waals surface area contributed by atoms with E-state index < -0.39 is 11.8 Å².